The summed E-state index contributed by atoms with van der Waals surface area (Å²) in [5, 5.41) is 7.12. The van der Waals surface area contributed by atoms with E-state index >= 15 is 0 Å². The second-order valence-electron chi connectivity index (χ2n) is 5.74. The number of aryl methyl sites for hydroxylation is 1. The molecule has 2 heterocycles. The van der Waals surface area contributed by atoms with Crippen LogP contribution in [0.2, 0.25) is 0 Å². The van der Waals surface area contributed by atoms with E-state index in [-0.39, 0.29) is 5.91 Å². The molecule has 4 aromatic rings. The third kappa shape index (κ3) is 3.47. The molecule has 0 atom stereocenters. The Morgan fingerprint density at radius 2 is 1.85 bits per heavy atom. The second kappa shape index (κ2) is 7.27. The van der Waals surface area contributed by atoms with Crippen molar-refractivity contribution in [2.45, 2.75) is 13.3 Å². The number of nitrogens with zero attached hydrogens (tertiary/aromatic N) is 1. The van der Waals surface area contributed by atoms with Crippen LogP contribution in [0.5, 0.6) is 0 Å². The smallest absolute Gasteiger partial charge is 0.265 e. The highest BCUT2D eigenvalue weighted by Crippen LogP contribution is 2.33. The van der Waals surface area contributed by atoms with Gasteiger partial charge in [-0.25, -0.2) is 4.98 Å². The third-order valence-electron chi connectivity index (χ3n) is 3.93. The summed E-state index contributed by atoms with van der Waals surface area (Å²) in [6, 6.07) is 19.7. The van der Waals surface area contributed by atoms with Gasteiger partial charge in [0.05, 0.1) is 15.3 Å². The van der Waals surface area contributed by atoms with Crippen molar-refractivity contribution < 1.29 is 4.79 Å². The molecule has 0 unspecified atom stereocenters. The minimum absolute atomic E-state index is 0.0900. The first-order valence-corrected chi connectivity index (χ1v) is 9.98. The van der Waals surface area contributed by atoms with E-state index in [2.05, 4.69) is 22.5 Å². The number of hydrogen-bond donors (Lipinski definition) is 2. The molecular weight excluding hydrogens is 362 g/mol. The first-order valence-electron chi connectivity index (χ1n) is 8.34. The average molecular weight is 380 g/mol. The number of aromatic nitrogens is 1. The van der Waals surface area contributed by atoms with Gasteiger partial charge < -0.3 is 10.6 Å². The van der Waals surface area contributed by atoms with Crippen molar-refractivity contribution in [1.29, 1.82) is 0 Å². The zero-order chi connectivity index (χ0) is 17.9. The molecular formula is C20H17N3OS2. The summed E-state index contributed by atoms with van der Waals surface area (Å²) in [6.07, 6.45) is 0.939. The van der Waals surface area contributed by atoms with Crippen LogP contribution in [0, 0.1) is 0 Å². The minimum atomic E-state index is -0.0900. The van der Waals surface area contributed by atoms with Crippen LogP contribution in [0.25, 0.3) is 10.2 Å². The van der Waals surface area contributed by atoms with Crippen LogP contribution < -0.4 is 10.6 Å². The summed E-state index contributed by atoms with van der Waals surface area (Å²) in [5.74, 6) is -0.0900. The van der Waals surface area contributed by atoms with E-state index < -0.39 is 0 Å². The molecule has 2 aromatic heterocycles. The van der Waals surface area contributed by atoms with Crippen molar-refractivity contribution in [1.82, 2.24) is 4.98 Å². The Kier molecular flexibility index (Phi) is 4.69. The fourth-order valence-electron chi connectivity index (χ4n) is 2.62. The maximum Gasteiger partial charge on any atom is 0.265 e. The summed E-state index contributed by atoms with van der Waals surface area (Å²) in [5.41, 5.74) is 2.52. The summed E-state index contributed by atoms with van der Waals surface area (Å²) < 4.78 is 1.03. The molecule has 130 valence electrons. The van der Waals surface area contributed by atoms with Gasteiger partial charge in [0.1, 0.15) is 5.52 Å². The van der Waals surface area contributed by atoms with Gasteiger partial charge in [0.2, 0.25) is 0 Å². The second-order valence-corrected chi connectivity index (χ2v) is 7.93. The molecule has 0 aliphatic rings. The Bertz CT molecular complexity index is 1050. The summed E-state index contributed by atoms with van der Waals surface area (Å²) in [7, 11) is 0. The van der Waals surface area contributed by atoms with Crippen LogP contribution in [-0.2, 0) is 6.42 Å². The Morgan fingerprint density at radius 3 is 2.62 bits per heavy atom. The zero-order valence-electron chi connectivity index (χ0n) is 14.2. The average Bonchev–Trinajstić information content (AvgIpc) is 3.29. The molecule has 0 bridgehead atoms. The largest absolute Gasteiger partial charge is 0.332 e. The van der Waals surface area contributed by atoms with E-state index in [4.69, 9.17) is 0 Å². The predicted molar refractivity (Wildman–Crippen MR) is 111 cm³/mol. The van der Waals surface area contributed by atoms with Crippen LogP contribution in [0.15, 0.2) is 60.7 Å². The normalized spacial score (nSPS) is 10.8. The third-order valence-corrected chi connectivity index (χ3v) is 6.09. The lowest BCUT2D eigenvalue weighted by Crippen LogP contribution is -2.10. The minimum Gasteiger partial charge on any atom is -0.332 e. The number of anilines is 3. The molecule has 2 N–H and O–H groups in total. The standard InChI is InChI=1S/C20H17N3OS2/c1-2-14-11-12-17(25-14)19(24)22-15-9-6-10-16-18(15)23-20(26-16)21-13-7-4-3-5-8-13/h3-12H,2H2,1H3,(H,21,23)(H,22,24). The SMILES string of the molecule is CCc1ccc(C(=O)Nc2cccc3sc(Nc4ccccc4)nc23)s1. The number of thiazole rings is 1. The van der Waals surface area contributed by atoms with Gasteiger partial charge in [0, 0.05) is 10.6 Å². The van der Waals surface area contributed by atoms with Crippen LogP contribution in [0.1, 0.15) is 21.5 Å². The number of carbonyl (C=O) groups is 1. The lowest BCUT2D eigenvalue weighted by Gasteiger charge is -2.04. The number of carbonyl (C=O) groups excluding carboxylic acids is 1. The summed E-state index contributed by atoms with van der Waals surface area (Å²) >= 11 is 3.10. The summed E-state index contributed by atoms with van der Waals surface area (Å²) in [6.45, 7) is 2.09. The molecule has 0 radical (unpaired) electrons. The van der Waals surface area contributed by atoms with Gasteiger partial charge in [0.25, 0.3) is 5.91 Å². The lowest BCUT2D eigenvalue weighted by atomic mass is 10.3. The van der Waals surface area contributed by atoms with Gasteiger partial charge in [0.15, 0.2) is 5.13 Å². The molecule has 0 saturated carbocycles. The summed E-state index contributed by atoms with van der Waals surface area (Å²) in [4.78, 5) is 19.1. The number of thiophene rings is 1. The molecule has 6 heteroatoms. The number of benzene rings is 2. The highest BCUT2D eigenvalue weighted by molar-refractivity contribution is 7.22. The molecule has 4 rings (SSSR count). The van der Waals surface area contributed by atoms with Crippen molar-refractivity contribution >= 4 is 55.3 Å². The Morgan fingerprint density at radius 1 is 1.00 bits per heavy atom. The highest BCUT2D eigenvalue weighted by atomic mass is 32.1. The number of hydrogen-bond acceptors (Lipinski definition) is 5. The van der Waals surface area contributed by atoms with E-state index in [0.29, 0.717) is 0 Å². The molecule has 1 amide bonds. The van der Waals surface area contributed by atoms with Gasteiger partial charge in [-0.15, -0.1) is 11.3 Å². The van der Waals surface area contributed by atoms with E-state index in [1.807, 2.05) is 60.7 Å². The molecule has 26 heavy (non-hydrogen) atoms. The topological polar surface area (TPSA) is 54.0 Å². The van der Waals surface area contributed by atoms with Crippen LogP contribution in [-0.4, -0.2) is 10.9 Å². The van der Waals surface area contributed by atoms with Gasteiger partial charge in [-0.3, -0.25) is 4.79 Å². The zero-order valence-corrected chi connectivity index (χ0v) is 15.8. The van der Waals surface area contributed by atoms with Crippen molar-refractivity contribution in [3.63, 3.8) is 0 Å². The quantitative estimate of drug-likeness (QED) is 0.453. The number of rotatable bonds is 5. The fraction of sp³-hybridized carbons (Fsp3) is 0.100. The Labute approximate surface area is 159 Å². The molecule has 0 saturated heterocycles. The molecule has 4 nitrogen and oxygen atoms in total. The molecule has 0 aliphatic carbocycles. The maximum absolute atomic E-state index is 12.5. The first kappa shape index (κ1) is 16.8. The number of amides is 1. The molecule has 2 aromatic carbocycles. The number of nitrogens with one attached hydrogen (secondary N) is 2. The van der Waals surface area contributed by atoms with Gasteiger partial charge in [-0.05, 0) is 42.8 Å². The van der Waals surface area contributed by atoms with E-state index in [9.17, 15) is 4.79 Å². The monoisotopic (exact) mass is 379 g/mol. The fourth-order valence-corrected chi connectivity index (χ4v) is 4.38. The van der Waals surface area contributed by atoms with Gasteiger partial charge >= 0.3 is 0 Å². The van der Waals surface area contributed by atoms with Crippen LogP contribution in [0.4, 0.5) is 16.5 Å². The highest BCUT2D eigenvalue weighted by Gasteiger charge is 2.13. The Balaban J connectivity index is 1.60. The molecule has 0 fully saturated rings. The van der Waals surface area contributed by atoms with Crippen LogP contribution >= 0.6 is 22.7 Å². The number of fused-ring (bicyclic) bond motifs is 1. The maximum atomic E-state index is 12.5. The van der Waals surface area contributed by atoms with Crippen molar-refractivity contribution in [3.8, 4) is 0 Å². The van der Waals surface area contributed by atoms with Crippen molar-refractivity contribution in [2.75, 3.05) is 10.6 Å². The van der Waals surface area contributed by atoms with Gasteiger partial charge in [-0.1, -0.05) is 42.5 Å². The van der Waals surface area contributed by atoms with E-state index in [1.54, 1.807) is 11.3 Å². The molecule has 0 spiro atoms. The van der Waals surface area contributed by atoms with Crippen LogP contribution in [0.3, 0.4) is 0 Å². The van der Waals surface area contributed by atoms with Crippen molar-refractivity contribution in [3.05, 3.63) is 70.4 Å². The lowest BCUT2D eigenvalue weighted by molar-refractivity contribution is 0.103. The van der Waals surface area contributed by atoms with Gasteiger partial charge in [-0.2, -0.15) is 0 Å². The molecule has 0 aliphatic heterocycles. The van der Waals surface area contributed by atoms with E-state index in [1.165, 1.54) is 16.2 Å². The predicted octanol–water partition coefficient (Wildman–Crippen LogP) is 5.92. The number of para-hydroxylation sites is 2. The first-order chi connectivity index (χ1) is 12.7. The van der Waals surface area contributed by atoms with Crippen molar-refractivity contribution in [2.24, 2.45) is 0 Å². The van der Waals surface area contributed by atoms with E-state index in [0.717, 1.165) is 38.0 Å². The Hall–Kier alpha value is -2.70.